The molecule has 1 aromatic carbocycles. The van der Waals surface area contributed by atoms with Crippen molar-refractivity contribution in [3.05, 3.63) is 30.1 Å². The molecule has 1 saturated heterocycles. The molecule has 4 nitrogen and oxygen atoms in total. The molecule has 7 heteroatoms. The summed E-state index contributed by atoms with van der Waals surface area (Å²) in [5, 5.41) is 3.37. The first-order chi connectivity index (χ1) is 10.6. The van der Waals surface area contributed by atoms with Crippen LogP contribution in [0.2, 0.25) is 0 Å². The predicted molar refractivity (Wildman–Crippen MR) is 95.1 cm³/mol. The Morgan fingerprint density at radius 3 is 2.83 bits per heavy atom. The largest absolute Gasteiger partial charge is 0.494 e. The average molecular weight is 363 g/mol. The minimum Gasteiger partial charge on any atom is -0.494 e. The van der Waals surface area contributed by atoms with Crippen LogP contribution < -0.4 is 10.1 Å². The molecule has 0 radical (unpaired) electrons. The fourth-order valence-corrected chi connectivity index (χ4v) is 3.21. The summed E-state index contributed by atoms with van der Waals surface area (Å²) in [4.78, 5) is 13.9. The fourth-order valence-electron chi connectivity index (χ4n) is 2.26. The second-order valence-corrected chi connectivity index (χ2v) is 6.55. The van der Waals surface area contributed by atoms with E-state index < -0.39 is 0 Å². The zero-order valence-electron chi connectivity index (χ0n) is 13.3. The number of halogens is 2. The molecule has 2 rings (SSSR count). The van der Waals surface area contributed by atoms with Gasteiger partial charge < -0.3 is 15.0 Å². The maximum absolute atomic E-state index is 12.8. The Bertz CT molecular complexity index is 470. The Morgan fingerprint density at radius 1 is 1.43 bits per heavy atom. The summed E-state index contributed by atoms with van der Waals surface area (Å²) in [5.41, 5.74) is 0. The highest BCUT2D eigenvalue weighted by molar-refractivity contribution is 7.99. The Morgan fingerprint density at radius 2 is 2.17 bits per heavy atom. The van der Waals surface area contributed by atoms with Gasteiger partial charge in [-0.05, 0) is 30.7 Å². The van der Waals surface area contributed by atoms with Gasteiger partial charge in [-0.25, -0.2) is 4.39 Å². The molecule has 1 unspecified atom stereocenters. The van der Waals surface area contributed by atoms with Crippen LogP contribution >= 0.6 is 24.2 Å². The molecule has 0 spiro atoms. The number of ether oxygens (including phenoxy) is 1. The SMILES string of the molecule is CN(CCCOc1ccc(F)cc1)C(=O)CC1CSCCN1.Cl. The Kier molecular flexibility index (Phi) is 9.36. The van der Waals surface area contributed by atoms with Crippen LogP contribution in [0.15, 0.2) is 24.3 Å². The third kappa shape index (κ3) is 7.42. The number of carbonyl (C=O) groups excluding carboxylic acids is 1. The summed E-state index contributed by atoms with van der Waals surface area (Å²) in [6.45, 7) is 2.17. The Labute approximate surface area is 147 Å². The Balaban J connectivity index is 0.00000264. The maximum Gasteiger partial charge on any atom is 0.223 e. The number of nitrogens with zero attached hydrogens (tertiary/aromatic N) is 1. The van der Waals surface area contributed by atoms with Gasteiger partial charge in [0, 0.05) is 44.1 Å². The van der Waals surface area contributed by atoms with Crippen molar-refractivity contribution >= 4 is 30.1 Å². The summed E-state index contributed by atoms with van der Waals surface area (Å²) in [7, 11) is 1.83. The van der Waals surface area contributed by atoms with Gasteiger partial charge in [0.25, 0.3) is 0 Å². The van der Waals surface area contributed by atoms with Crippen molar-refractivity contribution in [1.82, 2.24) is 10.2 Å². The molecule has 0 saturated carbocycles. The van der Waals surface area contributed by atoms with Crippen molar-refractivity contribution in [2.45, 2.75) is 18.9 Å². The summed E-state index contributed by atoms with van der Waals surface area (Å²) in [6, 6.07) is 6.26. The van der Waals surface area contributed by atoms with Crippen LogP contribution in [0.1, 0.15) is 12.8 Å². The van der Waals surface area contributed by atoms with Crippen molar-refractivity contribution in [1.29, 1.82) is 0 Å². The lowest BCUT2D eigenvalue weighted by Crippen LogP contribution is -2.42. The van der Waals surface area contributed by atoms with Gasteiger partial charge in [0.15, 0.2) is 0 Å². The molecule has 130 valence electrons. The van der Waals surface area contributed by atoms with E-state index in [9.17, 15) is 9.18 Å². The van der Waals surface area contributed by atoms with E-state index in [1.807, 2.05) is 18.8 Å². The van der Waals surface area contributed by atoms with Crippen LogP contribution in [0, 0.1) is 5.82 Å². The standard InChI is InChI=1S/C16H23FN2O2S.ClH/c1-19(16(20)11-14-12-22-10-7-18-14)8-2-9-21-15-5-3-13(17)4-6-15;/h3-6,14,18H,2,7-12H2,1H3;1H. The van der Waals surface area contributed by atoms with Crippen LogP contribution in [0.5, 0.6) is 5.75 Å². The number of rotatable bonds is 7. The van der Waals surface area contributed by atoms with Gasteiger partial charge in [0.05, 0.1) is 6.61 Å². The number of hydrogen-bond donors (Lipinski definition) is 1. The number of nitrogens with one attached hydrogen (secondary N) is 1. The predicted octanol–water partition coefficient (Wildman–Crippen LogP) is 2.57. The lowest BCUT2D eigenvalue weighted by Gasteiger charge is -2.25. The molecule has 1 heterocycles. The molecule has 1 atom stereocenters. The lowest BCUT2D eigenvalue weighted by molar-refractivity contribution is -0.130. The minimum absolute atomic E-state index is 0. The van der Waals surface area contributed by atoms with Crippen LogP contribution in [0.25, 0.3) is 0 Å². The lowest BCUT2D eigenvalue weighted by atomic mass is 10.2. The van der Waals surface area contributed by atoms with Gasteiger partial charge in [-0.1, -0.05) is 0 Å². The second-order valence-electron chi connectivity index (χ2n) is 5.40. The normalized spacial score (nSPS) is 17.2. The van der Waals surface area contributed by atoms with Gasteiger partial charge in [-0.3, -0.25) is 4.79 Å². The highest BCUT2D eigenvalue weighted by Gasteiger charge is 2.18. The first kappa shape index (κ1) is 20.1. The van der Waals surface area contributed by atoms with Crippen molar-refractivity contribution in [3.8, 4) is 5.75 Å². The van der Waals surface area contributed by atoms with E-state index in [0.717, 1.165) is 24.5 Å². The molecule has 0 aliphatic carbocycles. The number of carbonyl (C=O) groups is 1. The molecule has 0 bridgehead atoms. The van der Waals surface area contributed by atoms with Gasteiger partial charge >= 0.3 is 0 Å². The molecule has 1 fully saturated rings. The molecule has 0 aromatic heterocycles. The maximum atomic E-state index is 12.8. The van der Waals surface area contributed by atoms with E-state index in [2.05, 4.69) is 5.32 Å². The monoisotopic (exact) mass is 362 g/mol. The van der Waals surface area contributed by atoms with Gasteiger partial charge in [-0.2, -0.15) is 11.8 Å². The quantitative estimate of drug-likeness (QED) is 0.757. The number of hydrogen-bond acceptors (Lipinski definition) is 4. The van der Waals surface area contributed by atoms with E-state index in [1.165, 1.54) is 12.1 Å². The zero-order chi connectivity index (χ0) is 15.8. The highest BCUT2D eigenvalue weighted by atomic mass is 35.5. The third-order valence-corrected chi connectivity index (χ3v) is 4.70. The van der Waals surface area contributed by atoms with E-state index in [1.54, 1.807) is 17.0 Å². The van der Waals surface area contributed by atoms with Crippen molar-refractivity contribution in [2.24, 2.45) is 0 Å². The molecule has 1 N–H and O–H groups in total. The zero-order valence-corrected chi connectivity index (χ0v) is 14.9. The van der Waals surface area contributed by atoms with E-state index >= 15 is 0 Å². The molecule has 1 aromatic rings. The smallest absolute Gasteiger partial charge is 0.223 e. The van der Waals surface area contributed by atoms with Crippen LogP contribution in [0.4, 0.5) is 4.39 Å². The molecular weight excluding hydrogens is 339 g/mol. The van der Waals surface area contributed by atoms with Gasteiger partial charge in [0.2, 0.25) is 5.91 Å². The fraction of sp³-hybridized carbons (Fsp3) is 0.562. The topological polar surface area (TPSA) is 41.6 Å². The molecule has 1 aliphatic rings. The Hall–Kier alpha value is -0.980. The van der Waals surface area contributed by atoms with Crippen LogP contribution in [0.3, 0.4) is 0 Å². The van der Waals surface area contributed by atoms with Crippen LogP contribution in [-0.4, -0.2) is 55.1 Å². The molecule has 1 amide bonds. The molecule has 1 aliphatic heterocycles. The number of amides is 1. The summed E-state index contributed by atoms with van der Waals surface area (Å²) in [6.07, 6.45) is 1.31. The molecule has 23 heavy (non-hydrogen) atoms. The van der Waals surface area contributed by atoms with Crippen molar-refractivity contribution in [3.63, 3.8) is 0 Å². The van der Waals surface area contributed by atoms with E-state index in [0.29, 0.717) is 31.4 Å². The molecular formula is C16H24ClFN2O2S. The van der Waals surface area contributed by atoms with Crippen molar-refractivity contribution < 1.29 is 13.9 Å². The number of thioether (sulfide) groups is 1. The van der Waals surface area contributed by atoms with E-state index in [-0.39, 0.29) is 24.1 Å². The van der Waals surface area contributed by atoms with Gasteiger partial charge in [0.1, 0.15) is 11.6 Å². The summed E-state index contributed by atoms with van der Waals surface area (Å²) in [5.74, 6) is 2.68. The minimum atomic E-state index is -0.271. The number of benzene rings is 1. The summed E-state index contributed by atoms with van der Waals surface area (Å²) >= 11 is 1.90. The summed E-state index contributed by atoms with van der Waals surface area (Å²) < 4.78 is 18.3. The van der Waals surface area contributed by atoms with Crippen molar-refractivity contribution in [2.75, 3.05) is 38.2 Å². The first-order valence-electron chi connectivity index (χ1n) is 7.58. The van der Waals surface area contributed by atoms with E-state index in [4.69, 9.17) is 4.74 Å². The average Bonchev–Trinajstić information content (AvgIpc) is 2.54. The second kappa shape index (κ2) is 10.7. The van der Waals surface area contributed by atoms with Gasteiger partial charge in [-0.15, -0.1) is 12.4 Å². The third-order valence-electron chi connectivity index (χ3n) is 3.57. The first-order valence-corrected chi connectivity index (χ1v) is 8.74. The highest BCUT2D eigenvalue weighted by Crippen LogP contribution is 2.12. The van der Waals surface area contributed by atoms with Crippen LogP contribution in [-0.2, 0) is 4.79 Å².